The highest BCUT2D eigenvalue weighted by atomic mass is 16.5. The van der Waals surface area contributed by atoms with Gasteiger partial charge in [-0.1, -0.05) is 42.0 Å². The molecule has 1 heterocycles. The number of hydrogen-bond donors (Lipinski definition) is 1. The zero-order valence-corrected chi connectivity index (χ0v) is 12.7. The van der Waals surface area contributed by atoms with E-state index in [4.69, 9.17) is 9.47 Å². The predicted molar refractivity (Wildman–Crippen MR) is 85.1 cm³/mol. The molecule has 0 aliphatic carbocycles. The van der Waals surface area contributed by atoms with E-state index in [1.807, 2.05) is 37.3 Å². The molecule has 1 aliphatic heterocycles. The Balaban J connectivity index is 1.57. The van der Waals surface area contributed by atoms with E-state index in [0.29, 0.717) is 11.4 Å². The van der Waals surface area contributed by atoms with Crippen molar-refractivity contribution in [1.29, 1.82) is 0 Å². The molecule has 0 bridgehead atoms. The van der Waals surface area contributed by atoms with Gasteiger partial charge in [-0.25, -0.2) is 0 Å². The zero-order valence-electron chi connectivity index (χ0n) is 12.7. The molecule has 1 N–H and O–H groups in total. The van der Waals surface area contributed by atoms with Gasteiger partial charge in [0.15, 0.2) is 6.10 Å². The van der Waals surface area contributed by atoms with E-state index in [9.17, 15) is 9.59 Å². The summed E-state index contributed by atoms with van der Waals surface area (Å²) in [5, 5.41) is 2.72. The lowest BCUT2D eigenvalue weighted by atomic mass is 10.1. The number of carbonyl (C=O) groups excluding carboxylic acids is 2. The summed E-state index contributed by atoms with van der Waals surface area (Å²) in [6, 6.07) is 14.8. The van der Waals surface area contributed by atoms with Crippen molar-refractivity contribution in [2.75, 3.05) is 5.32 Å². The van der Waals surface area contributed by atoms with Crippen LogP contribution >= 0.6 is 0 Å². The number of hydrogen-bond acceptors (Lipinski definition) is 4. The van der Waals surface area contributed by atoms with E-state index in [-0.39, 0.29) is 18.9 Å². The van der Waals surface area contributed by atoms with Crippen LogP contribution in [0.25, 0.3) is 0 Å². The van der Waals surface area contributed by atoms with Gasteiger partial charge in [-0.3, -0.25) is 9.59 Å². The van der Waals surface area contributed by atoms with E-state index in [1.165, 1.54) is 0 Å². The number of rotatable bonds is 4. The molecule has 3 rings (SSSR count). The molecule has 0 radical (unpaired) electrons. The summed E-state index contributed by atoms with van der Waals surface area (Å²) in [5.41, 5.74) is 2.63. The van der Waals surface area contributed by atoms with E-state index >= 15 is 0 Å². The lowest BCUT2D eigenvalue weighted by Crippen LogP contribution is -2.38. The second-order valence-electron chi connectivity index (χ2n) is 5.45. The van der Waals surface area contributed by atoms with Gasteiger partial charge in [0.2, 0.25) is 0 Å². The van der Waals surface area contributed by atoms with Crippen molar-refractivity contribution in [2.45, 2.75) is 26.1 Å². The topological polar surface area (TPSA) is 64.6 Å². The maximum absolute atomic E-state index is 12.0. The third kappa shape index (κ3) is 3.69. The maximum atomic E-state index is 12.0. The molecule has 1 unspecified atom stereocenters. The van der Waals surface area contributed by atoms with Crippen LogP contribution in [0.5, 0.6) is 5.75 Å². The third-order valence-electron chi connectivity index (χ3n) is 3.54. The van der Waals surface area contributed by atoms with Crippen LogP contribution < -0.4 is 10.1 Å². The minimum absolute atomic E-state index is 0.119. The summed E-state index contributed by atoms with van der Waals surface area (Å²) < 4.78 is 10.8. The summed E-state index contributed by atoms with van der Waals surface area (Å²) >= 11 is 0. The van der Waals surface area contributed by atoms with E-state index in [2.05, 4.69) is 5.32 Å². The smallest absolute Gasteiger partial charge is 0.310 e. The van der Waals surface area contributed by atoms with E-state index < -0.39 is 12.1 Å². The van der Waals surface area contributed by atoms with Crippen LogP contribution in [0.1, 0.15) is 17.5 Å². The SMILES string of the molecule is Cc1cccc(COC(=O)CC2Oc3ccccc3NC2=O)c1. The Labute approximate surface area is 134 Å². The highest BCUT2D eigenvalue weighted by Gasteiger charge is 2.30. The summed E-state index contributed by atoms with van der Waals surface area (Å²) in [6.45, 7) is 2.16. The minimum Gasteiger partial charge on any atom is -0.478 e. The Bertz CT molecular complexity index is 741. The molecule has 0 fully saturated rings. The molecule has 5 nitrogen and oxygen atoms in total. The van der Waals surface area contributed by atoms with Crippen LogP contribution in [0.15, 0.2) is 48.5 Å². The summed E-state index contributed by atoms with van der Waals surface area (Å²) in [5.74, 6) is -0.245. The quantitative estimate of drug-likeness (QED) is 0.882. The number of benzene rings is 2. The Morgan fingerprint density at radius 3 is 2.87 bits per heavy atom. The van der Waals surface area contributed by atoms with Gasteiger partial charge >= 0.3 is 5.97 Å². The van der Waals surface area contributed by atoms with E-state index in [1.54, 1.807) is 18.2 Å². The van der Waals surface area contributed by atoms with Crippen molar-refractivity contribution in [3.05, 3.63) is 59.7 Å². The van der Waals surface area contributed by atoms with Gasteiger partial charge < -0.3 is 14.8 Å². The van der Waals surface area contributed by atoms with Crippen molar-refractivity contribution in [2.24, 2.45) is 0 Å². The lowest BCUT2D eigenvalue weighted by molar-refractivity contribution is -0.149. The summed E-state index contributed by atoms with van der Waals surface area (Å²) in [4.78, 5) is 23.9. The number of para-hydroxylation sites is 2. The Hall–Kier alpha value is -2.82. The monoisotopic (exact) mass is 311 g/mol. The Morgan fingerprint density at radius 1 is 1.22 bits per heavy atom. The van der Waals surface area contributed by atoms with Crippen molar-refractivity contribution >= 4 is 17.6 Å². The predicted octanol–water partition coefficient (Wildman–Crippen LogP) is 2.83. The number of ether oxygens (including phenoxy) is 2. The fourth-order valence-corrected chi connectivity index (χ4v) is 2.40. The van der Waals surface area contributed by atoms with E-state index in [0.717, 1.165) is 11.1 Å². The highest BCUT2D eigenvalue weighted by Crippen LogP contribution is 2.29. The molecule has 0 spiro atoms. The number of esters is 1. The number of anilines is 1. The van der Waals surface area contributed by atoms with Crippen molar-refractivity contribution in [1.82, 2.24) is 0 Å². The van der Waals surface area contributed by atoms with Crippen molar-refractivity contribution < 1.29 is 19.1 Å². The van der Waals surface area contributed by atoms with Crippen molar-refractivity contribution in [3.8, 4) is 5.75 Å². The first-order chi connectivity index (χ1) is 11.1. The zero-order chi connectivity index (χ0) is 16.2. The van der Waals surface area contributed by atoms with Gasteiger partial charge in [-0.2, -0.15) is 0 Å². The molecule has 23 heavy (non-hydrogen) atoms. The van der Waals surface area contributed by atoms with Gasteiger partial charge in [-0.05, 0) is 24.6 Å². The first-order valence-corrected chi connectivity index (χ1v) is 7.39. The number of carbonyl (C=O) groups is 2. The number of amides is 1. The molecular weight excluding hydrogens is 294 g/mol. The lowest BCUT2D eigenvalue weighted by Gasteiger charge is -2.25. The minimum atomic E-state index is -0.866. The van der Waals surface area contributed by atoms with Crippen molar-refractivity contribution in [3.63, 3.8) is 0 Å². The largest absolute Gasteiger partial charge is 0.478 e. The van der Waals surface area contributed by atoms with Crippen LogP contribution in [0.3, 0.4) is 0 Å². The fraction of sp³-hybridized carbons (Fsp3) is 0.222. The third-order valence-corrected chi connectivity index (χ3v) is 3.54. The standard InChI is InChI=1S/C18H17NO4/c1-12-5-4-6-13(9-12)11-22-17(20)10-16-18(21)19-14-7-2-3-8-15(14)23-16/h2-9,16H,10-11H2,1H3,(H,19,21). The Morgan fingerprint density at radius 2 is 2.04 bits per heavy atom. The Kier molecular flexibility index (Phi) is 4.28. The van der Waals surface area contributed by atoms with Gasteiger partial charge in [0.25, 0.3) is 5.91 Å². The molecule has 118 valence electrons. The number of fused-ring (bicyclic) bond motifs is 1. The average Bonchev–Trinajstić information content (AvgIpc) is 2.54. The molecule has 1 amide bonds. The highest BCUT2D eigenvalue weighted by molar-refractivity contribution is 5.99. The molecule has 0 aromatic heterocycles. The van der Waals surface area contributed by atoms with Gasteiger partial charge in [0.05, 0.1) is 12.1 Å². The molecular formula is C18H17NO4. The number of aryl methyl sites for hydroxylation is 1. The second-order valence-corrected chi connectivity index (χ2v) is 5.45. The van der Waals surface area contributed by atoms with Crippen LogP contribution in [0, 0.1) is 6.92 Å². The average molecular weight is 311 g/mol. The van der Waals surface area contributed by atoms with Crippen LogP contribution in [0.4, 0.5) is 5.69 Å². The second kappa shape index (κ2) is 6.52. The van der Waals surface area contributed by atoms with Crippen LogP contribution in [-0.4, -0.2) is 18.0 Å². The fourth-order valence-electron chi connectivity index (χ4n) is 2.40. The van der Waals surface area contributed by atoms with Gasteiger partial charge in [-0.15, -0.1) is 0 Å². The van der Waals surface area contributed by atoms with Gasteiger partial charge in [0, 0.05) is 0 Å². The first-order valence-electron chi connectivity index (χ1n) is 7.39. The maximum Gasteiger partial charge on any atom is 0.310 e. The van der Waals surface area contributed by atoms with Crippen LogP contribution in [-0.2, 0) is 20.9 Å². The summed E-state index contributed by atoms with van der Waals surface area (Å²) in [7, 11) is 0. The molecule has 0 saturated carbocycles. The molecule has 0 saturated heterocycles. The van der Waals surface area contributed by atoms with Gasteiger partial charge in [0.1, 0.15) is 12.4 Å². The number of nitrogens with one attached hydrogen (secondary N) is 1. The molecule has 2 aromatic rings. The molecule has 1 aliphatic rings. The molecule has 5 heteroatoms. The molecule has 2 aromatic carbocycles. The summed E-state index contributed by atoms with van der Waals surface area (Å²) in [6.07, 6.45) is -0.985. The molecule has 1 atom stereocenters. The first kappa shape index (κ1) is 15.1. The normalized spacial score (nSPS) is 16.0. The van der Waals surface area contributed by atoms with Crippen LogP contribution in [0.2, 0.25) is 0 Å².